The van der Waals surface area contributed by atoms with E-state index in [0.717, 1.165) is 5.01 Å². The lowest BCUT2D eigenvalue weighted by molar-refractivity contribution is 0.591. The van der Waals surface area contributed by atoms with Crippen molar-refractivity contribution < 1.29 is 0 Å². The molecule has 2 aromatic heterocycles. The van der Waals surface area contributed by atoms with Crippen LogP contribution in [0.1, 0.15) is 9.88 Å². The molecule has 0 aromatic carbocycles. The zero-order chi connectivity index (χ0) is 9.26. The largest absolute Gasteiger partial charge is 0.381 e. The fourth-order valence-corrected chi connectivity index (χ4v) is 1.74. The van der Waals surface area contributed by atoms with Crippen molar-refractivity contribution in [1.29, 1.82) is 0 Å². The molecular weight excluding hydrogens is 186 g/mol. The van der Waals surface area contributed by atoms with E-state index in [2.05, 4.69) is 15.2 Å². The Morgan fingerprint density at radius 1 is 1.54 bits per heavy atom. The quantitative estimate of drug-likeness (QED) is 0.764. The van der Waals surface area contributed by atoms with Gasteiger partial charge in [0.25, 0.3) is 0 Å². The molecule has 2 aromatic rings. The minimum atomic E-state index is 0.438. The number of hydrogen-bond donors (Lipinski definition) is 1. The molecule has 0 aliphatic heterocycles. The molecule has 0 aliphatic carbocycles. The monoisotopic (exact) mass is 195 g/mol. The number of nitrogens with zero attached hydrogens (tertiary/aromatic N) is 4. The van der Waals surface area contributed by atoms with E-state index in [1.165, 1.54) is 15.9 Å². The van der Waals surface area contributed by atoms with Crippen LogP contribution in [-0.2, 0) is 6.54 Å². The van der Waals surface area contributed by atoms with Gasteiger partial charge in [-0.15, -0.1) is 16.4 Å². The molecule has 6 heteroatoms. The molecule has 0 radical (unpaired) electrons. The minimum Gasteiger partial charge on any atom is -0.381 e. The van der Waals surface area contributed by atoms with Gasteiger partial charge in [-0.2, -0.15) is 9.90 Å². The van der Waals surface area contributed by atoms with Gasteiger partial charge in [0, 0.05) is 11.1 Å². The Morgan fingerprint density at radius 3 is 2.92 bits per heavy atom. The summed E-state index contributed by atoms with van der Waals surface area (Å²) in [5.41, 5.74) is 5.43. The molecule has 68 valence electrons. The minimum absolute atomic E-state index is 0.438. The van der Waals surface area contributed by atoms with E-state index >= 15 is 0 Å². The van der Waals surface area contributed by atoms with Crippen molar-refractivity contribution in [2.45, 2.75) is 13.5 Å². The number of nitrogen functional groups attached to an aromatic ring is 1. The third kappa shape index (κ3) is 1.83. The fourth-order valence-electron chi connectivity index (χ4n) is 0.982. The Bertz CT molecular complexity index is 366. The fraction of sp³-hybridized carbons (Fsp3) is 0.286. The molecule has 2 N–H and O–H groups in total. The molecule has 0 bridgehead atoms. The van der Waals surface area contributed by atoms with Crippen LogP contribution in [0.3, 0.4) is 0 Å². The van der Waals surface area contributed by atoms with Crippen LogP contribution in [0.2, 0.25) is 0 Å². The molecule has 0 atom stereocenters. The zero-order valence-corrected chi connectivity index (χ0v) is 7.95. The van der Waals surface area contributed by atoms with E-state index in [4.69, 9.17) is 5.73 Å². The summed E-state index contributed by atoms with van der Waals surface area (Å²) in [4.78, 5) is 6.92. The van der Waals surface area contributed by atoms with E-state index < -0.39 is 0 Å². The predicted octanol–water partition coefficient (Wildman–Crippen LogP) is 0.674. The summed E-state index contributed by atoms with van der Waals surface area (Å²) in [6, 6.07) is 0. The summed E-state index contributed by atoms with van der Waals surface area (Å²) in [6.45, 7) is 2.61. The molecule has 5 nitrogen and oxygen atoms in total. The number of nitrogens with two attached hydrogens (primary N) is 1. The third-order valence-electron chi connectivity index (χ3n) is 1.50. The Hall–Kier alpha value is -1.43. The zero-order valence-electron chi connectivity index (χ0n) is 7.14. The number of thiazole rings is 1. The molecule has 13 heavy (non-hydrogen) atoms. The van der Waals surface area contributed by atoms with Crippen LogP contribution in [0.4, 0.5) is 5.82 Å². The van der Waals surface area contributed by atoms with Gasteiger partial charge in [-0.1, -0.05) is 0 Å². The number of aromatic nitrogens is 4. The molecule has 2 heterocycles. The van der Waals surface area contributed by atoms with Gasteiger partial charge in [-0.05, 0) is 6.92 Å². The average molecular weight is 195 g/mol. The third-order valence-corrected chi connectivity index (χ3v) is 2.40. The van der Waals surface area contributed by atoms with Crippen molar-refractivity contribution in [3.63, 3.8) is 0 Å². The van der Waals surface area contributed by atoms with Crippen molar-refractivity contribution in [1.82, 2.24) is 20.0 Å². The van der Waals surface area contributed by atoms with Crippen molar-refractivity contribution in [2.75, 3.05) is 5.73 Å². The molecule has 0 aliphatic rings. The molecule has 0 saturated heterocycles. The summed E-state index contributed by atoms with van der Waals surface area (Å²) in [6.07, 6.45) is 3.37. The highest BCUT2D eigenvalue weighted by molar-refractivity contribution is 7.11. The first kappa shape index (κ1) is 8.18. The average Bonchev–Trinajstić information content (AvgIpc) is 2.62. The van der Waals surface area contributed by atoms with Gasteiger partial charge in [-0.3, -0.25) is 0 Å². The highest BCUT2D eigenvalue weighted by Crippen LogP contribution is 2.11. The van der Waals surface area contributed by atoms with Crippen LogP contribution in [-0.4, -0.2) is 20.0 Å². The van der Waals surface area contributed by atoms with Crippen molar-refractivity contribution in [2.24, 2.45) is 0 Å². The lowest BCUT2D eigenvalue weighted by Gasteiger charge is -1.93. The second-order valence-corrected chi connectivity index (χ2v) is 3.98. The maximum atomic E-state index is 5.43. The van der Waals surface area contributed by atoms with Gasteiger partial charge in [0.2, 0.25) is 0 Å². The summed E-state index contributed by atoms with van der Waals surface area (Å²) < 4.78 is 0. The van der Waals surface area contributed by atoms with Crippen LogP contribution in [0.5, 0.6) is 0 Å². The highest BCUT2D eigenvalue weighted by atomic mass is 32.1. The first-order chi connectivity index (χ1) is 6.24. The van der Waals surface area contributed by atoms with Gasteiger partial charge in [0.05, 0.1) is 6.20 Å². The maximum absolute atomic E-state index is 5.43. The van der Waals surface area contributed by atoms with Crippen LogP contribution < -0.4 is 5.73 Å². The lowest BCUT2D eigenvalue weighted by atomic mass is 10.6. The molecule has 0 saturated carbocycles. The number of rotatable bonds is 2. The first-order valence-electron chi connectivity index (χ1n) is 3.81. The summed E-state index contributed by atoms with van der Waals surface area (Å²) in [5, 5.41) is 8.93. The van der Waals surface area contributed by atoms with Crippen molar-refractivity contribution in [3.8, 4) is 0 Å². The van der Waals surface area contributed by atoms with E-state index in [9.17, 15) is 0 Å². The van der Waals surface area contributed by atoms with Crippen molar-refractivity contribution >= 4 is 17.2 Å². The normalized spacial score (nSPS) is 10.5. The molecular formula is C7H9N5S. The summed E-state index contributed by atoms with van der Waals surface area (Å²) >= 11 is 1.64. The molecule has 0 fully saturated rings. The first-order valence-corrected chi connectivity index (χ1v) is 4.62. The van der Waals surface area contributed by atoms with E-state index in [1.54, 1.807) is 11.3 Å². The van der Waals surface area contributed by atoms with Gasteiger partial charge in [0.15, 0.2) is 5.82 Å². The number of aryl methyl sites for hydroxylation is 1. The number of hydrogen-bond acceptors (Lipinski definition) is 5. The Morgan fingerprint density at radius 2 is 2.38 bits per heavy atom. The second kappa shape index (κ2) is 3.14. The van der Waals surface area contributed by atoms with E-state index in [1.807, 2.05) is 13.1 Å². The van der Waals surface area contributed by atoms with Crippen LogP contribution in [0.25, 0.3) is 0 Å². The molecule has 0 amide bonds. The SMILES string of the molecule is Cc1cnc(Cn2ncc(N)n2)s1. The van der Waals surface area contributed by atoms with Gasteiger partial charge < -0.3 is 5.73 Å². The van der Waals surface area contributed by atoms with E-state index in [0.29, 0.717) is 12.4 Å². The second-order valence-electron chi connectivity index (χ2n) is 2.66. The number of anilines is 1. The maximum Gasteiger partial charge on any atom is 0.165 e. The predicted molar refractivity (Wildman–Crippen MR) is 50.4 cm³/mol. The Balaban J connectivity index is 2.14. The van der Waals surface area contributed by atoms with Crippen molar-refractivity contribution in [3.05, 3.63) is 22.3 Å². The summed E-state index contributed by atoms with van der Waals surface area (Å²) in [5.74, 6) is 0.438. The van der Waals surface area contributed by atoms with Gasteiger partial charge >= 0.3 is 0 Å². The van der Waals surface area contributed by atoms with E-state index in [-0.39, 0.29) is 0 Å². The van der Waals surface area contributed by atoms with Crippen LogP contribution in [0, 0.1) is 6.92 Å². The molecule has 0 unspecified atom stereocenters. The van der Waals surface area contributed by atoms with Crippen LogP contribution in [0.15, 0.2) is 12.4 Å². The molecule has 2 rings (SSSR count). The summed E-state index contributed by atoms with van der Waals surface area (Å²) in [7, 11) is 0. The van der Waals surface area contributed by atoms with Gasteiger partial charge in [0.1, 0.15) is 11.6 Å². The molecule has 0 spiro atoms. The van der Waals surface area contributed by atoms with Crippen LogP contribution >= 0.6 is 11.3 Å². The smallest absolute Gasteiger partial charge is 0.165 e. The Labute approximate surface area is 79.2 Å². The van der Waals surface area contributed by atoms with Gasteiger partial charge in [-0.25, -0.2) is 4.98 Å². The standard InChI is InChI=1S/C7H9N5S/c1-5-2-9-7(13-5)4-12-10-3-6(8)11-12/h2-3H,4H2,1H3,(H2,8,11). The Kier molecular flexibility index (Phi) is 1.97. The highest BCUT2D eigenvalue weighted by Gasteiger charge is 2.01. The lowest BCUT2D eigenvalue weighted by Crippen LogP contribution is -2.03. The topological polar surface area (TPSA) is 69.6 Å².